The second kappa shape index (κ2) is 7.22. The van der Waals surface area contributed by atoms with Crippen molar-refractivity contribution in [2.45, 2.75) is 19.9 Å². The van der Waals surface area contributed by atoms with Crippen LogP contribution < -0.4 is 10.1 Å². The van der Waals surface area contributed by atoms with Crippen molar-refractivity contribution in [2.24, 2.45) is 0 Å². The van der Waals surface area contributed by atoms with Crippen LogP contribution in [-0.4, -0.2) is 11.5 Å². The third kappa shape index (κ3) is 3.92. The summed E-state index contributed by atoms with van der Waals surface area (Å²) in [5.74, 6) is 0.0358. The van der Waals surface area contributed by atoms with Gasteiger partial charge in [0.25, 0.3) is 5.88 Å². The van der Waals surface area contributed by atoms with Gasteiger partial charge in [-0.25, -0.2) is 9.37 Å². The van der Waals surface area contributed by atoms with Crippen molar-refractivity contribution in [1.29, 1.82) is 0 Å². The predicted octanol–water partition coefficient (Wildman–Crippen LogP) is 4.17. The van der Waals surface area contributed by atoms with Crippen LogP contribution in [0.3, 0.4) is 0 Å². The second-order valence-corrected chi connectivity index (χ2v) is 4.76. The van der Waals surface area contributed by atoms with E-state index >= 15 is 0 Å². The Bertz CT molecular complexity index is 560. The Balaban J connectivity index is 2.11. The van der Waals surface area contributed by atoms with Gasteiger partial charge >= 0.3 is 0 Å². The highest BCUT2D eigenvalue weighted by Gasteiger charge is 2.11. The van der Waals surface area contributed by atoms with Crippen molar-refractivity contribution in [3.63, 3.8) is 0 Å². The summed E-state index contributed by atoms with van der Waals surface area (Å²) in [5.41, 5.74) is 0.539. The molecule has 2 aromatic rings. The molecule has 20 heavy (non-hydrogen) atoms. The molecular formula is C15H16ClFN2O. The molecule has 106 valence electrons. The van der Waals surface area contributed by atoms with Crippen LogP contribution in [0.4, 0.5) is 4.39 Å². The summed E-state index contributed by atoms with van der Waals surface area (Å²) >= 11 is 5.79. The van der Waals surface area contributed by atoms with E-state index < -0.39 is 5.82 Å². The van der Waals surface area contributed by atoms with Gasteiger partial charge in [0.2, 0.25) is 0 Å². The van der Waals surface area contributed by atoms with Gasteiger partial charge in [-0.15, -0.1) is 0 Å². The van der Waals surface area contributed by atoms with Crippen LogP contribution >= 0.6 is 11.6 Å². The maximum atomic E-state index is 14.2. The molecule has 0 saturated carbocycles. The molecule has 0 aliphatic heterocycles. The van der Waals surface area contributed by atoms with E-state index in [0.717, 1.165) is 13.0 Å². The number of ether oxygens (including phenoxy) is 1. The van der Waals surface area contributed by atoms with Gasteiger partial charge in [-0.3, -0.25) is 0 Å². The summed E-state index contributed by atoms with van der Waals surface area (Å²) in [7, 11) is 0. The van der Waals surface area contributed by atoms with Gasteiger partial charge in [0.1, 0.15) is 5.75 Å². The molecule has 1 aromatic heterocycles. The first kappa shape index (κ1) is 14.8. The Morgan fingerprint density at radius 3 is 2.70 bits per heavy atom. The van der Waals surface area contributed by atoms with Gasteiger partial charge in [-0.2, -0.15) is 0 Å². The Hall–Kier alpha value is -1.65. The highest BCUT2D eigenvalue weighted by Crippen LogP contribution is 2.25. The summed E-state index contributed by atoms with van der Waals surface area (Å²) in [6, 6.07) is 8.35. The average molecular weight is 295 g/mol. The monoisotopic (exact) mass is 294 g/mol. The number of pyridine rings is 1. The minimum Gasteiger partial charge on any atom is -0.436 e. The summed E-state index contributed by atoms with van der Waals surface area (Å²) in [6.07, 6.45) is 2.54. The number of aromatic nitrogens is 1. The average Bonchev–Trinajstić information content (AvgIpc) is 2.45. The fraction of sp³-hybridized carbons (Fsp3) is 0.267. The number of rotatable bonds is 6. The standard InChI is InChI=1S/C15H16ClFN2O/c1-2-8-18-10-11-7-9-19-15(14(11)17)20-13-5-3-12(16)4-6-13/h3-7,9,18H,2,8,10H2,1H3. The number of halogens is 2. The summed E-state index contributed by atoms with van der Waals surface area (Å²) in [4.78, 5) is 3.93. The highest BCUT2D eigenvalue weighted by atomic mass is 35.5. The smallest absolute Gasteiger partial charge is 0.256 e. The third-order valence-corrected chi connectivity index (χ3v) is 2.96. The normalized spacial score (nSPS) is 10.6. The molecular weight excluding hydrogens is 279 g/mol. The minimum atomic E-state index is -0.439. The van der Waals surface area contributed by atoms with E-state index in [1.165, 1.54) is 6.20 Å². The van der Waals surface area contributed by atoms with Crippen LogP contribution in [0.25, 0.3) is 0 Å². The van der Waals surface area contributed by atoms with Crippen LogP contribution in [0, 0.1) is 5.82 Å². The zero-order valence-electron chi connectivity index (χ0n) is 11.2. The lowest BCUT2D eigenvalue weighted by molar-refractivity contribution is 0.417. The third-order valence-electron chi connectivity index (χ3n) is 2.71. The first-order chi connectivity index (χ1) is 9.70. The molecule has 0 aliphatic carbocycles. The van der Waals surface area contributed by atoms with Crippen molar-refractivity contribution in [1.82, 2.24) is 10.3 Å². The van der Waals surface area contributed by atoms with Crippen LogP contribution in [0.2, 0.25) is 5.02 Å². The molecule has 0 radical (unpaired) electrons. The molecule has 0 unspecified atom stereocenters. The molecule has 0 fully saturated rings. The van der Waals surface area contributed by atoms with Crippen LogP contribution in [0.1, 0.15) is 18.9 Å². The molecule has 0 aliphatic rings. The molecule has 0 atom stereocenters. The second-order valence-electron chi connectivity index (χ2n) is 4.32. The van der Waals surface area contributed by atoms with Gasteiger partial charge in [0.15, 0.2) is 5.82 Å². The van der Waals surface area contributed by atoms with E-state index in [0.29, 0.717) is 22.9 Å². The van der Waals surface area contributed by atoms with Crippen molar-refractivity contribution in [2.75, 3.05) is 6.54 Å². The number of nitrogens with one attached hydrogen (secondary N) is 1. The number of hydrogen-bond acceptors (Lipinski definition) is 3. The van der Waals surface area contributed by atoms with Gasteiger partial charge in [-0.1, -0.05) is 18.5 Å². The van der Waals surface area contributed by atoms with E-state index in [4.69, 9.17) is 16.3 Å². The largest absolute Gasteiger partial charge is 0.436 e. The molecule has 0 saturated heterocycles. The Kier molecular flexibility index (Phi) is 5.32. The van der Waals surface area contributed by atoms with Crippen molar-refractivity contribution >= 4 is 11.6 Å². The molecule has 1 heterocycles. The van der Waals surface area contributed by atoms with Crippen LogP contribution in [0.15, 0.2) is 36.5 Å². The van der Waals surface area contributed by atoms with Gasteiger partial charge in [0, 0.05) is 23.3 Å². The Morgan fingerprint density at radius 1 is 1.25 bits per heavy atom. The summed E-state index contributed by atoms with van der Waals surface area (Å²) < 4.78 is 19.6. The topological polar surface area (TPSA) is 34.2 Å². The maximum absolute atomic E-state index is 14.2. The molecule has 0 amide bonds. The van der Waals surface area contributed by atoms with Gasteiger partial charge < -0.3 is 10.1 Å². The SMILES string of the molecule is CCCNCc1ccnc(Oc2ccc(Cl)cc2)c1F. The van der Waals surface area contributed by atoms with Crippen LogP contribution in [0.5, 0.6) is 11.6 Å². The number of nitrogens with zero attached hydrogens (tertiary/aromatic N) is 1. The molecule has 2 rings (SSSR count). The maximum Gasteiger partial charge on any atom is 0.256 e. The Labute approximate surface area is 122 Å². The molecule has 3 nitrogen and oxygen atoms in total. The fourth-order valence-corrected chi connectivity index (χ4v) is 1.81. The summed E-state index contributed by atoms with van der Waals surface area (Å²) in [6.45, 7) is 3.36. The first-order valence-corrected chi connectivity index (χ1v) is 6.86. The van der Waals surface area contributed by atoms with Gasteiger partial charge in [0.05, 0.1) is 0 Å². The molecule has 1 N–H and O–H groups in total. The number of hydrogen-bond donors (Lipinski definition) is 1. The van der Waals surface area contributed by atoms with E-state index in [2.05, 4.69) is 17.2 Å². The lowest BCUT2D eigenvalue weighted by Crippen LogP contribution is -2.15. The van der Waals surface area contributed by atoms with Crippen molar-refractivity contribution in [3.05, 3.63) is 52.9 Å². The van der Waals surface area contributed by atoms with E-state index in [9.17, 15) is 4.39 Å². The van der Waals surface area contributed by atoms with E-state index in [1.807, 2.05) is 0 Å². The van der Waals surface area contributed by atoms with Crippen molar-refractivity contribution in [3.8, 4) is 11.6 Å². The lowest BCUT2D eigenvalue weighted by Gasteiger charge is -2.09. The molecule has 5 heteroatoms. The zero-order chi connectivity index (χ0) is 14.4. The minimum absolute atomic E-state index is 0.0249. The molecule has 0 bridgehead atoms. The first-order valence-electron chi connectivity index (χ1n) is 6.48. The van der Waals surface area contributed by atoms with E-state index in [-0.39, 0.29) is 5.88 Å². The Morgan fingerprint density at radius 2 is 2.00 bits per heavy atom. The highest BCUT2D eigenvalue weighted by molar-refractivity contribution is 6.30. The molecule has 1 aromatic carbocycles. The van der Waals surface area contributed by atoms with E-state index in [1.54, 1.807) is 30.3 Å². The summed E-state index contributed by atoms with van der Waals surface area (Å²) in [5, 5.41) is 3.75. The fourth-order valence-electron chi connectivity index (χ4n) is 1.68. The quantitative estimate of drug-likeness (QED) is 0.812. The van der Waals surface area contributed by atoms with Crippen molar-refractivity contribution < 1.29 is 9.13 Å². The number of benzene rings is 1. The molecule has 0 spiro atoms. The van der Waals surface area contributed by atoms with Gasteiger partial charge in [-0.05, 0) is 43.3 Å². The van der Waals surface area contributed by atoms with Crippen LogP contribution in [-0.2, 0) is 6.54 Å². The zero-order valence-corrected chi connectivity index (χ0v) is 12.0. The lowest BCUT2D eigenvalue weighted by atomic mass is 10.2. The predicted molar refractivity (Wildman–Crippen MR) is 77.7 cm³/mol.